The van der Waals surface area contributed by atoms with E-state index in [1.54, 1.807) is 0 Å². The number of fused-ring (bicyclic) bond motifs is 1. The molecule has 0 aliphatic carbocycles. The summed E-state index contributed by atoms with van der Waals surface area (Å²) in [5.41, 5.74) is 6.22. The lowest BCUT2D eigenvalue weighted by Gasteiger charge is -2.18. The maximum atomic E-state index is 11.8. The first kappa shape index (κ1) is 21.9. The predicted molar refractivity (Wildman–Crippen MR) is 134 cm³/mol. The second-order valence-corrected chi connectivity index (χ2v) is 9.05. The van der Waals surface area contributed by atoms with Crippen molar-refractivity contribution in [3.05, 3.63) is 81.4 Å². The molecule has 0 saturated carbocycles. The fraction of sp³-hybridized carbons (Fsp3) is 0.192. The lowest BCUT2D eigenvalue weighted by atomic mass is 10.1. The molecule has 1 N–H and O–H groups in total. The molecule has 0 radical (unpaired) electrons. The van der Waals surface area contributed by atoms with Gasteiger partial charge in [0.25, 0.3) is 5.91 Å². The first-order valence-corrected chi connectivity index (χ1v) is 11.8. The van der Waals surface area contributed by atoms with Gasteiger partial charge in [-0.05, 0) is 69.2 Å². The Hall–Kier alpha value is -3.91. The Morgan fingerprint density at radius 3 is 2.62 bits per heavy atom. The van der Waals surface area contributed by atoms with Gasteiger partial charge in [0.15, 0.2) is 6.61 Å². The van der Waals surface area contributed by atoms with Gasteiger partial charge in [0.05, 0.1) is 17.1 Å². The number of benzene rings is 2. The van der Waals surface area contributed by atoms with Crippen LogP contribution in [0.4, 0.5) is 11.4 Å². The fourth-order valence-electron chi connectivity index (χ4n) is 3.82. The molecule has 2 aromatic heterocycles. The van der Waals surface area contributed by atoms with Gasteiger partial charge in [-0.3, -0.25) is 4.79 Å². The number of nitrogens with one attached hydrogen (secondary N) is 1. The van der Waals surface area contributed by atoms with E-state index in [2.05, 4.69) is 31.3 Å². The van der Waals surface area contributed by atoms with Crippen LogP contribution in [0.1, 0.15) is 29.6 Å². The molecule has 0 spiro atoms. The van der Waals surface area contributed by atoms with Crippen molar-refractivity contribution in [2.45, 2.75) is 27.7 Å². The van der Waals surface area contributed by atoms with Gasteiger partial charge < -0.3 is 14.5 Å². The molecular weight excluding hydrogens is 448 g/mol. The van der Waals surface area contributed by atoms with Crippen molar-refractivity contribution in [2.24, 2.45) is 10.1 Å². The number of hydrogen-bond acceptors (Lipinski definition) is 6. The van der Waals surface area contributed by atoms with Crippen LogP contribution in [-0.2, 0) is 4.79 Å². The molecule has 3 heterocycles. The highest BCUT2D eigenvalue weighted by atomic mass is 32.1. The Morgan fingerprint density at radius 1 is 1.09 bits per heavy atom. The quantitative estimate of drug-likeness (QED) is 0.394. The Balaban J connectivity index is 1.70. The molecule has 7 nitrogen and oxygen atoms in total. The highest BCUT2D eigenvalue weighted by Crippen LogP contribution is 2.33. The van der Waals surface area contributed by atoms with Crippen molar-refractivity contribution >= 4 is 34.3 Å². The summed E-state index contributed by atoms with van der Waals surface area (Å²) in [7, 11) is 0. The number of anilines is 1. The van der Waals surface area contributed by atoms with E-state index in [1.165, 1.54) is 11.3 Å². The van der Waals surface area contributed by atoms with E-state index in [0.29, 0.717) is 17.2 Å². The van der Waals surface area contributed by atoms with E-state index in [1.807, 2.05) is 60.3 Å². The molecule has 0 fully saturated rings. The zero-order valence-electron chi connectivity index (χ0n) is 19.4. The van der Waals surface area contributed by atoms with Crippen LogP contribution >= 0.6 is 11.3 Å². The SMILES string of the molecule is CC(=Nn1c(-c2ccc3c(c2)NC(=O)CO3)csc1=Nc1c(C)cccc1C)c1ccc(C)o1. The summed E-state index contributed by atoms with van der Waals surface area (Å²) in [5, 5.41) is 9.79. The van der Waals surface area contributed by atoms with E-state index in [0.717, 1.165) is 44.3 Å². The number of ether oxygens (including phenoxy) is 1. The van der Waals surface area contributed by atoms with Crippen LogP contribution < -0.4 is 14.9 Å². The van der Waals surface area contributed by atoms with E-state index in [9.17, 15) is 4.79 Å². The van der Waals surface area contributed by atoms with Crippen LogP contribution in [0.2, 0.25) is 0 Å². The Kier molecular flexibility index (Phi) is 5.67. The first-order chi connectivity index (χ1) is 16.4. The van der Waals surface area contributed by atoms with E-state index >= 15 is 0 Å². The maximum absolute atomic E-state index is 11.8. The van der Waals surface area contributed by atoms with Crippen molar-refractivity contribution in [1.29, 1.82) is 0 Å². The molecule has 1 aliphatic rings. The molecule has 0 saturated heterocycles. The normalized spacial score (nSPS) is 14.1. The molecule has 172 valence electrons. The molecule has 1 aliphatic heterocycles. The summed E-state index contributed by atoms with van der Waals surface area (Å²) in [5.74, 6) is 2.00. The molecular formula is C26H24N4O3S. The summed E-state index contributed by atoms with van der Waals surface area (Å²) in [4.78, 5) is 17.5. The Morgan fingerprint density at radius 2 is 1.88 bits per heavy atom. The largest absolute Gasteiger partial charge is 0.482 e. The van der Waals surface area contributed by atoms with Crippen LogP contribution in [0.3, 0.4) is 0 Å². The predicted octanol–water partition coefficient (Wildman–Crippen LogP) is 5.57. The standard InChI is InChI=1S/C26H24N4O3S/c1-15-6-5-7-16(2)25(15)28-26-30(29-18(4)22-10-8-17(3)33-22)21(14-34-26)19-9-11-23-20(12-19)27-24(31)13-32-23/h5-12,14H,13H2,1-4H3,(H,27,31). The van der Waals surface area contributed by atoms with Crippen molar-refractivity contribution in [1.82, 2.24) is 4.68 Å². The Labute approximate surface area is 201 Å². The molecule has 8 heteroatoms. The Bertz CT molecular complexity index is 1490. The number of furan rings is 1. The third kappa shape index (κ3) is 4.20. The van der Waals surface area contributed by atoms with E-state index in [4.69, 9.17) is 19.2 Å². The summed E-state index contributed by atoms with van der Waals surface area (Å²) in [6, 6.07) is 15.7. The number of aromatic nitrogens is 1. The zero-order valence-corrected chi connectivity index (χ0v) is 20.2. The first-order valence-electron chi connectivity index (χ1n) is 10.9. The average Bonchev–Trinajstić information content (AvgIpc) is 3.42. The van der Waals surface area contributed by atoms with Gasteiger partial charge in [0.1, 0.15) is 23.0 Å². The smallest absolute Gasteiger partial charge is 0.262 e. The molecule has 34 heavy (non-hydrogen) atoms. The second-order valence-electron chi connectivity index (χ2n) is 8.21. The summed E-state index contributed by atoms with van der Waals surface area (Å²) in [6.45, 7) is 7.95. The minimum atomic E-state index is -0.171. The van der Waals surface area contributed by atoms with Gasteiger partial charge in [-0.1, -0.05) is 18.2 Å². The van der Waals surface area contributed by atoms with Crippen molar-refractivity contribution in [3.8, 4) is 17.0 Å². The lowest BCUT2D eigenvalue weighted by Crippen LogP contribution is -2.25. The number of nitrogens with zero attached hydrogens (tertiary/aromatic N) is 3. The number of para-hydroxylation sites is 1. The topological polar surface area (TPSA) is 81.1 Å². The molecule has 1 amide bonds. The number of amides is 1. The number of thiazole rings is 1. The highest BCUT2D eigenvalue weighted by molar-refractivity contribution is 7.07. The number of hydrogen-bond donors (Lipinski definition) is 1. The number of rotatable bonds is 4. The van der Waals surface area contributed by atoms with Crippen molar-refractivity contribution < 1.29 is 13.9 Å². The highest BCUT2D eigenvalue weighted by Gasteiger charge is 2.18. The monoisotopic (exact) mass is 472 g/mol. The second kappa shape index (κ2) is 8.79. The van der Waals surface area contributed by atoms with Gasteiger partial charge in [0.2, 0.25) is 4.80 Å². The number of aryl methyl sites for hydroxylation is 3. The lowest BCUT2D eigenvalue weighted by molar-refractivity contribution is -0.118. The minimum Gasteiger partial charge on any atom is -0.482 e. The summed E-state index contributed by atoms with van der Waals surface area (Å²) >= 11 is 1.50. The fourth-order valence-corrected chi connectivity index (χ4v) is 4.66. The van der Waals surface area contributed by atoms with Crippen LogP contribution in [0.25, 0.3) is 11.3 Å². The maximum Gasteiger partial charge on any atom is 0.262 e. The minimum absolute atomic E-state index is 0.0235. The molecule has 4 aromatic rings. The molecule has 0 unspecified atom stereocenters. The third-order valence-corrected chi connectivity index (χ3v) is 6.40. The van der Waals surface area contributed by atoms with Gasteiger partial charge >= 0.3 is 0 Å². The van der Waals surface area contributed by atoms with Crippen LogP contribution in [0, 0.1) is 20.8 Å². The van der Waals surface area contributed by atoms with E-state index in [-0.39, 0.29) is 12.5 Å². The molecule has 0 bridgehead atoms. The molecule has 5 rings (SSSR count). The third-order valence-electron chi connectivity index (χ3n) is 5.59. The van der Waals surface area contributed by atoms with Gasteiger partial charge in [-0.15, -0.1) is 11.3 Å². The van der Waals surface area contributed by atoms with Crippen LogP contribution in [-0.4, -0.2) is 22.9 Å². The van der Waals surface area contributed by atoms with Crippen molar-refractivity contribution in [3.63, 3.8) is 0 Å². The van der Waals surface area contributed by atoms with Gasteiger partial charge in [0, 0.05) is 10.9 Å². The van der Waals surface area contributed by atoms with Gasteiger partial charge in [-0.25, -0.2) is 9.67 Å². The molecule has 0 atom stereocenters. The van der Waals surface area contributed by atoms with Crippen LogP contribution in [0.5, 0.6) is 5.75 Å². The average molecular weight is 473 g/mol. The van der Waals surface area contributed by atoms with Crippen molar-refractivity contribution in [2.75, 3.05) is 11.9 Å². The van der Waals surface area contributed by atoms with E-state index < -0.39 is 0 Å². The summed E-state index contributed by atoms with van der Waals surface area (Å²) < 4.78 is 13.1. The zero-order chi connectivity index (χ0) is 23.8. The number of carbonyl (C=O) groups is 1. The molecule has 2 aromatic carbocycles. The van der Waals surface area contributed by atoms with Crippen LogP contribution in [0.15, 0.2) is 68.4 Å². The number of carbonyl (C=O) groups excluding carboxylic acids is 1. The van der Waals surface area contributed by atoms with Gasteiger partial charge in [-0.2, -0.15) is 5.10 Å². The summed E-state index contributed by atoms with van der Waals surface area (Å²) in [6.07, 6.45) is 0.